The molecule has 0 amide bonds. The second-order valence-electron chi connectivity index (χ2n) is 4.72. The molecular weight excluding hydrogens is 246 g/mol. The minimum atomic E-state index is 0.235. The molecule has 0 spiro atoms. The van der Waals surface area contributed by atoms with Gasteiger partial charge in [0.25, 0.3) is 0 Å². The largest absolute Gasteiger partial charge is 0.396 e. The molecule has 2 heterocycles. The number of anilines is 1. The first-order valence-corrected chi connectivity index (χ1v) is 7.07. The molecule has 0 fully saturated rings. The van der Waals surface area contributed by atoms with Gasteiger partial charge < -0.3 is 10.4 Å². The molecule has 0 unspecified atom stereocenters. The highest BCUT2D eigenvalue weighted by Crippen LogP contribution is 2.29. The molecule has 2 N–H and O–H groups in total. The van der Waals surface area contributed by atoms with Crippen LogP contribution in [0.2, 0.25) is 0 Å². The summed E-state index contributed by atoms with van der Waals surface area (Å²) < 4.78 is 0. The first-order valence-electron chi connectivity index (χ1n) is 6.19. The Morgan fingerprint density at radius 2 is 2.17 bits per heavy atom. The smallest absolute Gasteiger partial charge is 0.138 e. The van der Waals surface area contributed by atoms with Gasteiger partial charge in [0, 0.05) is 13.2 Å². The van der Waals surface area contributed by atoms with Crippen molar-refractivity contribution >= 4 is 27.4 Å². The lowest BCUT2D eigenvalue weighted by Gasteiger charge is -2.13. The summed E-state index contributed by atoms with van der Waals surface area (Å²) in [6.07, 6.45) is 0.808. The predicted molar refractivity (Wildman–Crippen MR) is 76.2 cm³/mol. The molecule has 4 nitrogen and oxygen atoms in total. The van der Waals surface area contributed by atoms with Gasteiger partial charge in [0.05, 0.1) is 5.39 Å². The van der Waals surface area contributed by atoms with E-state index in [2.05, 4.69) is 34.5 Å². The second-order valence-corrected chi connectivity index (χ2v) is 5.57. The number of hydrogen-bond acceptors (Lipinski definition) is 5. The molecule has 5 heteroatoms. The Morgan fingerprint density at radius 1 is 1.39 bits per heavy atom. The fourth-order valence-electron chi connectivity index (χ4n) is 1.91. The number of hydrogen-bond donors (Lipinski definition) is 2. The quantitative estimate of drug-likeness (QED) is 0.872. The van der Waals surface area contributed by atoms with Gasteiger partial charge in [-0.25, -0.2) is 9.97 Å². The highest BCUT2D eigenvalue weighted by molar-refractivity contribution is 7.17. The Labute approximate surface area is 111 Å². The van der Waals surface area contributed by atoms with Crippen molar-refractivity contribution in [2.24, 2.45) is 5.92 Å². The number of thiophene rings is 1. The number of fused-ring (bicyclic) bond motifs is 1. The van der Waals surface area contributed by atoms with E-state index in [0.717, 1.165) is 34.8 Å². The van der Waals surface area contributed by atoms with E-state index < -0.39 is 0 Å². The Kier molecular flexibility index (Phi) is 4.14. The number of rotatable bonds is 5. The molecule has 0 radical (unpaired) electrons. The van der Waals surface area contributed by atoms with E-state index >= 15 is 0 Å². The van der Waals surface area contributed by atoms with Crippen LogP contribution in [0.5, 0.6) is 0 Å². The van der Waals surface area contributed by atoms with Crippen LogP contribution < -0.4 is 5.32 Å². The number of aliphatic hydroxyl groups is 1. The zero-order valence-electron chi connectivity index (χ0n) is 11.0. The van der Waals surface area contributed by atoms with Crippen LogP contribution in [0.25, 0.3) is 10.2 Å². The van der Waals surface area contributed by atoms with Gasteiger partial charge in [-0.15, -0.1) is 11.3 Å². The number of aryl methyl sites for hydroxylation is 2. The summed E-state index contributed by atoms with van der Waals surface area (Å²) in [6.45, 7) is 7.17. The summed E-state index contributed by atoms with van der Waals surface area (Å²) in [5.74, 6) is 2.14. The summed E-state index contributed by atoms with van der Waals surface area (Å²) in [5, 5.41) is 15.5. The lowest BCUT2D eigenvalue weighted by molar-refractivity contribution is 0.266. The maximum Gasteiger partial charge on any atom is 0.138 e. The number of nitrogens with zero attached hydrogens (tertiary/aromatic N) is 2. The first-order chi connectivity index (χ1) is 8.61. The summed E-state index contributed by atoms with van der Waals surface area (Å²) in [4.78, 5) is 9.98. The van der Waals surface area contributed by atoms with Crippen molar-refractivity contribution in [1.29, 1.82) is 0 Å². The average Bonchev–Trinajstić information content (AvgIpc) is 2.68. The van der Waals surface area contributed by atoms with E-state index in [1.807, 2.05) is 6.92 Å². The van der Waals surface area contributed by atoms with Gasteiger partial charge in [-0.2, -0.15) is 0 Å². The van der Waals surface area contributed by atoms with Crippen LogP contribution in [0.1, 0.15) is 24.7 Å². The fraction of sp³-hybridized carbons (Fsp3) is 0.538. The van der Waals surface area contributed by atoms with Crippen LogP contribution in [0.3, 0.4) is 0 Å². The van der Waals surface area contributed by atoms with Crippen LogP contribution in [-0.2, 0) is 0 Å². The van der Waals surface area contributed by atoms with Crippen LogP contribution in [0.15, 0.2) is 5.38 Å². The Balaban J connectivity index is 2.23. The van der Waals surface area contributed by atoms with Gasteiger partial charge in [0.1, 0.15) is 16.5 Å². The van der Waals surface area contributed by atoms with Crippen molar-refractivity contribution in [3.05, 3.63) is 16.8 Å². The van der Waals surface area contributed by atoms with Gasteiger partial charge >= 0.3 is 0 Å². The standard InChI is InChI=1S/C13H19N3OS/c1-8(4-5-17)6-14-12-11-9(2)7-18-13(11)16-10(3)15-12/h7-8,17H,4-6H2,1-3H3,(H,14,15,16)/t8-/m1/s1. The van der Waals surface area contributed by atoms with E-state index in [1.54, 1.807) is 11.3 Å². The molecule has 0 saturated carbocycles. The first kappa shape index (κ1) is 13.2. The van der Waals surface area contributed by atoms with Crippen molar-refractivity contribution in [3.63, 3.8) is 0 Å². The molecule has 0 aliphatic carbocycles. The topological polar surface area (TPSA) is 58.0 Å². The highest BCUT2D eigenvalue weighted by Gasteiger charge is 2.11. The number of nitrogens with one attached hydrogen (secondary N) is 1. The van der Waals surface area contributed by atoms with E-state index in [9.17, 15) is 0 Å². The normalized spacial score (nSPS) is 12.9. The Bertz CT molecular complexity index is 538. The third kappa shape index (κ3) is 2.79. The fourth-order valence-corrected chi connectivity index (χ4v) is 2.88. The van der Waals surface area contributed by atoms with E-state index in [0.29, 0.717) is 5.92 Å². The van der Waals surface area contributed by atoms with E-state index in [-0.39, 0.29) is 6.61 Å². The molecule has 0 aliphatic heterocycles. The van der Waals surface area contributed by atoms with Crippen LogP contribution >= 0.6 is 11.3 Å². The summed E-state index contributed by atoms with van der Waals surface area (Å²) >= 11 is 1.66. The SMILES string of the molecule is Cc1nc(NC[C@H](C)CCO)c2c(C)csc2n1. The van der Waals surface area contributed by atoms with E-state index in [1.165, 1.54) is 5.56 Å². The minimum Gasteiger partial charge on any atom is -0.396 e. The molecule has 0 aromatic carbocycles. The maximum atomic E-state index is 8.91. The van der Waals surface area contributed by atoms with Gasteiger partial charge in [0.15, 0.2) is 0 Å². The Hall–Kier alpha value is -1.20. The van der Waals surface area contributed by atoms with Crippen LogP contribution in [0, 0.1) is 19.8 Å². The molecule has 2 aromatic rings. The average molecular weight is 265 g/mol. The highest BCUT2D eigenvalue weighted by atomic mass is 32.1. The summed E-state index contributed by atoms with van der Waals surface area (Å²) in [7, 11) is 0. The summed E-state index contributed by atoms with van der Waals surface area (Å²) in [6, 6.07) is 0. The minimum absolute atomic E-state index is 0.235. The van der Waals surface area contributed by atoms with Gasteiger partial charge in [-0.3, -0.25) is 0 Å². The molecule has 2 aromatic heterocycles. The Morgan fingerprint density at radius 3 is 2.89 bits per heavy atom. The van der Waals surface area contributed by atoms with E-state index in [4.69, 9.17) is 5.11 Å². The monoisotopic (exact) mass is 265 g/mol. The zero-order chi connectivity index (χ0) is 13.1. The zero-order valence-corrected chi connectivity index (χ0v) is 11.8. The second kappa shape index (κ2) is 5.63. The number of aliphatic hydroxyl groups excluding tert-OH is 1. The van der Waals surface area contributed by atoms with Gasteiger partial charge in [-0.05, 0) is 37.1 Å². The summed E-state index contributed by atoms with van der Waals surface area (Å²) in [5.41, 5.74) is 1.22. The van der Waals surface area contributed by atoms with Crippen molar-refractivity contribution in [3.8, 4) is 0 Å². The molecular formula is C13H19N3OS. The predicted octanol–water partition coefficient (Wildman–Crippen LogP) is 2.74. The van der Waals surface area contributed by atoms with Crippen LogP contribution in [-0.4, -0.2) is 28.2 Å². The van der Waals surface area contributed by atoms with Crippen molar-refractivity contribution in [2.75, 3.05) is 18.5 Å². The molecule has 1 atom stereocenters. The molecule has 18 heavy (non-hydrogen) atoms. The maximum absolute atomic E-state index is 8.91. The van der Waals surface area contributed by atoms with Gasteiger partial charge in [-0.1, -0.05) is 6.92 Å². The molecule has 0 bridgehead atoms. The molecule has 0 aliphatic rings. The van der Waals surface area contributed by atoms with Crippen LogP contribution in [0.4, 0.5) is 5.82 Å². The third-order valence-electron chi connectivity index (χ3n) is 2.97. The van der Waals surface area contributed by atoms with Crippen molar-refractivity contribution in [2.45, 2.75) is 27.2 Å². The number of aromatic nitrogens is 2. The van der Waals surface area contributed by atoms with Crippen molar-refractivity contribution in [1.82, 2.24) is 9.97 Å². The molecule has 0 saturated heterocycles. The molecule has 98 valence electrons. The lowest BCUT2D eigenvalue weighted by atomic mass is 10.1. The molecule has 2 rings (SSSR count). The van der Waals surface area contributed by atoms with Gasteiger partial charge in [0.2, 0.25) is 0 Å². The lowest BCUT2D eigenvalue weighted by Crippen LogP contribution is -2.14. The van der Waals surface area contributed by atoms with Crippen molar-refractivity contribution < 1.29 is 5.11 Å². The third-order valence-corrected chi connectivity index (χ3v) is 3.96.